The molecule has 0 radical (unpaired) electrons. The molecule has 0 amide bonds. The van der Waals surface area contributed by atoms with Gasteiger partial charge in [-0.2, -0.15) is 8.42 Å². The van der Waals surface area contributed by atoms with Crippen LogP contribution in [0.1, 0.15) is 64.3 Å². The highest BCUT2D eigenvalue weighted by Gasteiger charge is 2.55. The van der Waals surface area contributed by atoms with E-state index in [1.54, 1.807) is 20.8 Å². The summed E-state index contributed by atoms with van der Waals surface area (Å²) < 4.78 is 36.4. The number of oxime groups is 1. The molecule has 0 N–H and O–H groups in total. The quantitative estimate of drug-likeness (QED) is 0.275. The standard InChI is InChI=1S/C26H32N2O6S2/c1-25(2,3)22(29)21(23-27-19-6-4-5-7-20(19)35-23)28-34-36(31,32)9-8-33-24(30)26-13-16-10-17(14-26)12-18(11-16)15-26/h4-7,16-18H,8-15H2,1-3H3/b28-21+. The Morgan fingerprint density at radius 3 is 2.28 bits per heavy atom. The fraction of sp³-hybridized carbons (Fsp3) is 0.615. The number of para-hydroxylation sites is 1. The fourth-order valence-corrected chi connectivity index (χ4v) is 7.88. The van der Waals surface area contributed by atoms with E-state index in [1.165, 1.54) is 30.6 Å². The summed E-state index contributed by atoms with van der Waals surface area (Å²) in [6, 6.07) is 7.37. The van der Waals surface area contributed by atoms with Gasteiger partial charge in [-0.15, -0.1) is 11.3 Å². The summed E-state index contributed by atoms with van der Waals surface area (Å²) in [4.78, 5) is 30.5. The topological polar surface area (TPSA) is 112 Å². The highest BCUT2D eigenvalue weighted by molar-refractivity contribution is 7.86. The number of benzene rings is 1. The molecule has 4 saturated carbocycles. The Morgan fingerprint density at radius 2 is 1.69 bits per heavy atom. The van der Waals surface area contributed by atoms with E-state index in [0.29, 0.717) is 28.3 Å². The number of carbonyl (C=O) groups is 2. The van der Waals surface area contributed by atoms with Crippen molar-refractivity contribution in [1.29, 1.82) is 0 Å². The summed E-state index contributed by atoms with van der Waals surface area (Å²) >= 11 is 1.24. The van der Waals surface area contributed by atoms with Crippen molar-refractivity contribution >= 4 is 49.1 Å². The van der Waals surface area contributed by atoms with Crippen LogP contribution in [0.3, 0.4) is 0 Å². The number of nitrogens with zero attached hydrogens (tertiary/aromatic N) is 2. The smallest absolute Gasteiger partial charge is 0.331 e. The second-order valence-corrected chi connectivity index (χ2v) is 14.4. The summed E-state index contributed by atoms with van der Waals surface area (Å²) in [7, 11) is -4.19. The van der Waals surface area contributed by atoms with Gasteiger partial charge in [0.1, 0.15) is 17.4 Å². The number of Topliss-reactive ketones (excluding diaryl/α,β-unsaturated/α-hetero) is 1. The predicted molar refractivity (Wildman–Crippen MR) is 137 cm³/mol. The molecule has 1 aromatic carbocycles. The fourth-order valence-electron chi connectivity index (χ4n) is 6.39. The summed E-state index contributed by atoms with van der Waals surface area (Å²) in [5.74, 6) is 0.568. The largest absolute Gasteiger partial charge is 0.464 e. The van der Waals surface area contributed by atoms with Gasteiger partial charge in [0.25, 0.3) is 0 Å². The number of ether oxygens (including phenoxy) is 1. The van der Waals surface area contributed by atoms with Crippen LogP contribution < -0.4 is 0 Å². The van der Waals surface area contributed by atoms with Crippen molar-refractivity contribution < 1.29 is 27.0 Å². The summed E-state index contributed by atoms with van der Waals surface area (Å²) in [6.07, 6.45) is 6.18. The van der Waals surface area contributed by atoms with E-state index in [9.17, 15) is 18.0 Å². The lowest BCUT2D eigenvalue weighted by molar-refractivity contribution is -0.170. The lowest BCUT2D eigenvalue weighted by Crippen LogP contribution is -2.50. The summed E-state index contributed by atoms with van der Waals surface area (Å²) in [6.45, 7) is 4.85. The Balaban J connectivity index is 1.25. The van der Waals surface area contributed by atoms with Crippen molar-refractivity contribution in [3.05, 3.63) is 29.3 Å². The van der Waals surface area contributed by atoms with Gasteiger partial charge in [-0.1, -0.05) is 38.1 Å². The molecule has 0 spiro atoms. The van der Waals surface area contributed by atoms with Crippen molar-refractivity contribution in [2.24, 2.45) is 33.7 Å². The molecule has 4 aliphatic carbocycles. The highest BCUT2D eigenvalue weighted by atomic mass is 32.2. The van der Waals surface area contributed by atoms with Crippen LogP contribution in [0.2, 0.25) is 0 Å². The van der Waals surface area contributed by atoms with Gasteiger partial charge in [0.05, 0.1) is 15.6 Å². The number of fused-ring (bicyclic) bond motifs is 1. The molecular formula is C26H32N2O6S2. The molecule has 4 aliphatic rings. The van der Waals surface area contributed by atoms with Crippen LogP contribution in [-0.2, 0) is 28.7 Å². The first-order valence-corrected chi connectivity index (χ1v) is 14.9. The van der Waals surface area contributed by atoms with Gasteiger partial charge in [-0.05, 0) is 68.4 Å². The number of ketones is 1. The first-order valence-electron chi connectivity index (χ1n) is 12.5. The van der Waals surface area contributed by atoms with Crippen molar-refractivity contribution in [3.63, 3.8) is 0 Å². The third kappa shape index (κ3) is 5.07. The predicted octanol–water partition coefficient (Wildman–Crippen LogP) is 4.72. The number of aromatic nitrogens is 1. The van der Waals surface area contributed by atoms with Crippen molar-refractivity contribution in [2.75, 3.05) is 12.4 Å². The van der Waals surface area contributed by atoms with E-state index in [4.69, 9.17) is 9.02 Å². The van der Waals surface area contributed by atoms with Crippen LogP contribution >= 0.6 is 11.3 Å². The van der Waals surface area contributed by atoms with Crippen molar-refractivity contribution in [1.82, 2.24) is 4.98 Å². The maximum Gasteiger partial charge on any atom is 0.331 e. The molecule has 4 fully saturated rings. The van der Waals surface area contributed by atoms with Gasteiger partial charge in [0.15, 0.2) is 11.5 Å². The molecule has 36 heavy (non-hydrogen) atoms. The van der Waals surface area contributed by atoms with Gasteiger partial charge in [0, 0.05) is 5.41 Å². The number of esters is 1. The number of hydrogen-bond donors (Lipinski definition) is 0. The highest BCUT2D eigenvalue weighted by Crippen LogP contribution is 2.60. The van der Waals surface area contributed by atoms with E-state index in [-0.39, 0.29) is 24.1 Å². The third-order valence-electron chi connectivity index (χ3n) is 7.67. The van der Waals surface area contributed by atoms with Crippen molar-refractivity contribution in [3.8, 4) is 0 Å². The Labute approximate surface area is 215 Å². The molecule has 10 heteroatoms. The Morgan fingerprint density at radius 1 is 1.08 bits per heavy atom. The minimum Gasteiger partial charge on any atom is -0.464 e. The van der Waals surface area contributed by atoms with Gasteiger partial charge >= 0.3 is 16.1 Å². The maximum atomic E-state index is 13.1. The first kappa shape index (κ1) is 25.3. The summed E-state index contributed by atoms with van der Waals surface area (Å²) in [5.41, 5.74) is -0.724. The molecule has 4 bridgehead atoms. The van der Waals surface area contributed by atoms with Gasteiger partial charge < -0.3 is 4.74 Å². The van der Waals surface area contributed by atoms with Crippen molar-refractivity contribution in [2.45, 2.75) is 59.3 Å². The molecule has 0 saturated heterocycles. The number of thiazole rings is 1. The van der Waals surface area contributed by atoms with Crippen LogP contribution in [0.15, 0.2) is 29.4 Å². The van der Waals surface area contributed by atoms with E-state index in [1.807, 2.05) is 24.3 Å². The first-order chi connectivity index (χ1) is 16.9. The molecule has 194 valence electrons. The molecule has 1 heterocycles. The molecule has 1 aromatic heterocycles. The maximum absolute atomic E-state index is 13.1. The normalized spacial score (nSPS) is 27.9. The second-order valence-electron chi connectivity index (χ2n) is 11.7. The molecule has 0 aliphatic heterocycles. The van der Waals surface area contributed by atoms with E-state index in [2.05, 4.69) is 10.1 Å². The van der Waals surface area contributed by atoms with Crippen LogP contribution in [-0.4, -0.2) is 43.2 Å². The molecule has 0 atom stereocenters. The Hall–Kier alpha value is -2.33. The van der Waals surface area contributed by atoms with Gasteiger partial charge in [-0.3, -0.25) is 13.9 Å². The lowest BCUT2D eigenvalue weighted by Gasteiger charge is -2.55. The van der Waals surface area contributed by atoms with Gasteiger partial charge in [0.2, 0.25) is 0 Å². The van der Waals surface area contributed by atoms with E-state index < -0.39 is 26.7 Å². The Kier molecular flexibility index (Phi) is 6.47. The zero-order chi connectivity index (χ0) is 25.7. The monoisotopic (exact) mass is 532 g/mol. The molecule has 0 unspecified atom stereocenters. The number of hydrogen-bond acceptors (Lipinski definition) is 9. The average Bonchev–Trinajstić information content (AvgIpc) is 3.21. The minimum absolute atomic E-state index is 0.141. The van der Waals surface area contributed by atoms with Crippen LogP contribution in [0.25, 0.3) is 10.2 Å². The van der Waals surface area contributed by atoms with E-state index >= 15 is 0 Å². The number of rotatable bonds is 8. The zero-order valence-corrected chi connectivity index (χ0v) is 22.5. The van der Waals surface area contributed by atoms with Crippen LogP contribution in [0, 0.1) is 28.6 Å². The number of carbonyl (C=O) groups excluding carboxylic acids is 2. The second kappa shape index (κ2) is 9.20. The molecule has 8 nitrogen and oxygen atoms in total. The SMILES string of the molecule is CC(C)(C)C(=O)/C(=N\OS(=O)(=O)CCOC(=O)C12CC3CC(CC(C3)C1)C2)c1nc2ccccc2s1. The lowest BCUT2D eigenvalue weighted by atomic mass is 9.49. The Bertz CT molecular complexity index is 1250. The van der Waals surface area contributed by atoms with E-state index in [0.717, 1.165) is 24.0 Å². The molecule has 6 rings (SSSR count). The summed E-state index contributed by atoms with van der Waals surface area (Å²) in [5, 5.41) is 4.06. The third-order valence-corrected chi connectivity index (χ3v) is 9.68. The zero-order valence-electron chi connectivity index (χ0n) is 20.9. The molecular weight excluding hydrogens is 500 g/mol. The molecule has 2 aromatic rings. The minimum atomic E-state index is -4.19. The van der Waals surface area contributed by atoms with Crippen LogP contribution in [0.5, 0.6) is 0 Å². The van der Waals surface area contributed by atoms with Crippen LogP contribution in [0.4, 0.5) is 0 Å². The van der Waals surface area contributed by atoms with Gasteiger partial charge in [-0.25, -0.2) is 4.98 Å². The average molecular weight is 533 g/mol.